The molecule has 7 heteroatoms. The molecule has 0 saturated carbocycles. The summed E-state index contributed by atoms with van der Waals surface area (Å²) in [7, 11) is 0. The highest BCUT2D eigenvalue weighted by Gasteiger charge is 2.47. The van der Waals surface area contributed by atoms with Crippen LogP contribution in [-0.4, -0.2) is 34.0 Å². The largest absolute Gasteiger partial charge is 0.480 e. The Labute approximate surface area is 192 Å². The van der Waals surface area contributed by atoms with Crippen LogP contribution in [0, 0.1) is 0 Å². The molecule has 0 aromatic heterocycles. The minimum Gasteiger partial charge on any atom is -0.480 e. The number of carboxylic acid groups (broad SMARTS) is 1. The number of hydrogen-bond acceptors (Lipinski definition) is 3. The average molecular weight is 462 g/mol. The van der Waals surface area contributed by atoms with E-state index in [9.17, 15) is 14.7 Å². The lowest BCUT2D eigenvalue weighted by atomic mass is 9.89. The lowest BCUT2D eigenvalue weighted by Gasteiger charge is -2.47. The van der Waals surface area contributed by atoms with Crippen LogP contribution in [0.4, 0.5) is 0 Å². The fourth-order valence-electron chi connectivity index (χ4n) is 4.01. The van der Waals surface area contributed by atoms with Gasteiger partial charge in [0, 0.05) is 16.5 Å². The summed E-state index contributed by atoms with van der Waals surface area (Å²) in [6, 6.07) is 12.6. The number of halogens is 2. The summed E-state index contributed by atoms with van der Waals surface area (Å²) in [5, 5.41) is 11.1. The zero-order valence-electron chi connectivity index (χ0n) is 17.2. The Bertz CT molecular complexity index is 947. The smallest absolute Gasteiger partial charge is 0.326 e. The third kappa shape index (κ3) is 5.12. The first-order valence-electron chi connectivity index (χ1n) is 10.2. The van der Waals surface area contributed by atoms with Crippen molar-refractivity contribution in [2.75, 3.05) is 0 Å². The number of ether oxygens (including phenoxy) is 1. The Balaban J connectivity index is 2.20. The van der Waals surface area contributed by atoms with Crippen LogP contribution >= 0.6 is 23.2 Å². The SMILES string of the molecule is C=CC[C@@H]1O[C@@H](c2cccc(Cl)c2)[C@@H](c2ccc(Cl)cc2)N([C@H](CCC)C(=O)O)C1=O. The van der Waals surface area contributed by atoms with Gasteiger partial charge in [-0.3, -0.25) is 4.79 Å². The molecule has 2 aromatic rings. The third-order valence-electron chi connectivity index (χ3n) is 5.38. The first-order valence-corrected chi connectivity index (χ1v) is 10.9. The Morgan fingerprint density at radius 2 is 1.90 bits per heavy atom. The summed E-state index contributed by atoms with van der Waals surface area (Å²) >= 11 is 12.3. The summed E-state index contributed by atoms with van der Waals surface area (Å²) < 4.78 is 6.27. The molecule has 164 valence electrons. The van der Waals surface area contributed by atoms with Crippen molar-refractivity contribution in [1.82, 2.24) is 4.90 Å². The number of carbonyl (C=O) groups excluding carboxylic acids is 1. The zero-order valence-corrected chi connectivity index (χ0v) is 18.7. The van der Waals surface area contributed by atoms with Crippen LogP contribution in [0.1, 0.15) is 49.5 Å². The molecular weight excluding hydrogens is 437 g/mol. The number of carbonyl (C=O) groups is 2. The number of carboxylic acids is 1. The Morgan fingerprint density at radius 3 is 2.48 bits per heavy atom. The van der Waals surface area contributed by atoms with Crippen molar-refractivity contribution in [3.8, 4) is 0 Å². The highest BCUT2D eigenvalue weighted by atomic mass is 35.5. The molecule has 0 spiro atoms. The molecule has 1 aliphatic rings. The highest BCUT2D eigenvalue weighted by Crippen LogP contribution is 2.44. The molecule has 1 fully saturated rings. The average Bonchev–Trinajstić information content (AvgIpc) is 2.74. The van der Waals surface area contributed by atoms with E-state index in [0.717, 1.165) is 11.1 Å². The zero-order chi connectivity index (χ0) is 22.5. The first-order chi connectivity index (χ1) is 14.9. The molecular formula is C24H25Cl2NO4. The van der Waals surface area contributed by atoms with Crippen LogP contribution in [-0.2, 0) is 14.3 Å². The van der Waals surface area contributed by atoms with Gasteiger partial charge in [-0.15, -0.1) is 6.58 Å². The standard InChI is InChI=1S/C24H25Cl2NO4/c1-3-6-19(24(29)30)27-21(15-10-12-17(25)13-11-15)22(16-8-5-9-18(26)14-16)31-20(7-4-2)23(27)28/h4-5,8-14,19-22H,2-3,6-7H2,1H3,(H,29,30)/t19-,20+,21-,22+/m1/s1. The Morgan fingerprint density at radius 1 is 1.19 bits per heavy atom. The number of amides is 1. The molecule has 0 radical (unpaired) electrons. The predicted octanol–water partition coefficient (Wildman–Crippen LogP) is 5.83. The van der Waals surface area contributed by atoms with Gasteiger partial charge in [0.2, 0.25) is 0 Å². The van der Waals surface area contributed by atoms with Crippen molar-refractivity contribution in [3.63, 3.8) is 0 Å². The summed E-state index contributed by atoms with van der Waals surface area (Å²) in [5.74, 6) is -1.41. The number of nitrogens with zero attached hydrogens (tertiary/aromatic N) is 1. The minimum atomic E-state index is -1.04. The van der Waals surface area contributed by atoms with Gasteiger partial charge < -0.3 is 14.7 Å². The molecule has 0 unspecified atom stereocenters. The summed E-state index contributed by atoms with van der Waals surface area (Å²) in [4.78, 5) is 27.2. The number of hydrogen-bond donors (Lipinski definition) is 1. The molecule has 5 nitrogen and oxygen atoms in total. The third-order valence-corrected chi connectivity index (χ3v) is 5.87. The fourth-order valence-corrected chi connectivity index (χ4v) is 4.33. The van der Waals surface area contributed by atoms with Gasteiger partial charge in [-0.2, -0.15) is 0 Å². The number of benzene rings is 2. The van der Waals surface area contributed by atoms with E-state index in [2.05, 4.69) is 6.58 Å². The van der Waals surface area contributed by atoms with Gasteiger partial charge in [0.15, 0.2) is 0 Å². The Hall–Kier alpha value is -2.34. The molecule has 0 aliphatic carbocycles. The summed E-state index contributed by atoms with van der Waals surface area (Å²) in [6.07, 6.45) is 1.38. The van der Waals surface area contributed by atoms with Crippen molar-refractivity contribution in [2.24, 2.45) is 0 Å². The van der Waals surface area contributed by atoms with Crippen molar-refractivity contribution in [3.05, 3.63) is 82.4 Å². The van der Waals surface area contributed by atoms with Gasteiger partial charge in [-0.05, 0) is 41.8 Å². The van der Waals surface area contributed by atoms with Gasteiger partial charge in [0.25, 0.3) is 5.91 Å². The molecule has 1 heterocycles. The van der Waals surface area contributed by atoms with E-state index in [-0.39, 0.29) is 12.3 Å². The summed E-state index contributed by atoms with van der Waals surface area (Å²) in [6.45, 7) is 5.62. The van der Waals surface area contributed by atoms with E-state index in [1.54, 1.807) is 42.5 Å². The second kappa shape index (κ2) is 10.3. The molecule has 31 heavy (non-hydrogen) atoms. The molecule has 1 amide bonds. The topological polar surface area (TPSA) is 66.8 Å². The maximum atomic E-state index is 13.5. The van der Waals surface area contributed by atoms with Gasteiger partial charge in [0.1, 0.15) is 18.2 Å². The van der Waals surface area contributed by atoms with Crippen molar-refractivity contribution in [1.29, 1.82) is 0 Å². The molecule has 1 saturated heterocycles. The maximum absolute atomic E-state index is 13.5. The van der Waals surface area contributed by atoms with Crippen molar-refractivity contribution >= 4 is 35.1 Å². The van der Waals surface area contributed by atoms with Crippen LogP contribution in [0.25, 0.3) is 0 Å². The first kappa shape index (κ1) is 23.3. The van der Waals surface area contributed by atoms with E-state index >= 15 is 0 Å². The normalized spacial score (nSPS) is 22.2. The lowest BCUT2D eigenvalue weighted by molar-refractivity contribution is -0.184. The van der Waals surface area contributed by atoms with Crippen LogP contribution in [0.3, 0.4) is 0 Å². The fraction of sp³-hybridized carbons (Fsp3) is 0.333. The second-order valence-electron chi connectivity index (χ2n) is 7.51. The maximum Gasteiger partial charge on any atom is 0.326 e. The predicted molar refractivity (Wildman–Crippen MR) is 121 cm³/mol. The number of morpholine rings is 1. The second-order valence-corrected chi connectivity index (χ2v) is 8.38. The van der Waals surface area contributed by atoms with E-state index in [0.29, 0.717) is 22.9 Å². The van der Waals surface area contributed by atoms with Gasteiger partial charge in [-0.25, -0.2) is 4.79 Å². The van der Waals surface area contributed by atoms with Crippen molar-refractivity contribution < 1.29 is 19.4 Å². The lowest BCUT2D eigenvalue weighted by Crippen LogP contribution is -2.56. The van der Waals surface area contributed by atoms with Crippen LogP contribution in [0.2, 0.25) is 10.0 Å². The molecule has 2 aromatic carbocycles. The number of aliphatic carboxylic acids is 1. The molecule has 0 bridgehead atoms. The van der Waals surface area contributed by atoms with Crippen molar-refractivity contribution in [2.45, 2.75) is 50.5 Å². The quantitative estimate of drug-likeness (QED) is 0.501. The van der Waals surface area contributed by atoms with Crippen LogP contribution in [0.15, 0.2) is 61.2 Å². The van der Waals surface area contributed by atoms with E-state index in [1.165, 1.54) is 4.90 Å². The monoisotopic (exact) mass is 461 g/mol. The molecule has 1 N–H and O–H groups in total. The minimum absolute atomic E-state index is 0.276. The van der Waals surface area contributed by atoms with Crippen LogP contribution in [0.5, 0.6) is 0 Å². The highest BCUT2D eigenvalue weighted by molar-refractivity contribution is 6.30. The number of rotatable bonds is 8. The van der Waals surface area contributed by atoms with E-state index in [1.807, 2.05) is 19.1 Å². The molecule has 1 aliphatic heterocycles. The van der Waals surface area contributed by atoms with E-state index < -0.39 is 30.3 Å². The van der Waals surface area contributed by atoms with Gasteiger partial charge in [0.05, 0.1) is 6.04 Å². The van der Waals surface area contributed by atoms with E-state index in [4.69, 9.17) is 27.9 Å². The van der Waals surface area contributed by atoms with Gasteiger partial charge >= 0.3 is 5.97 Å². The summed E-state index contributed by atoms with van der Waals surface area (Å²) in [5.41, 5.74) is 1.50. The van der Waals surface area contributed by atoms with Gasteiger partial charge in [-0.1, -0.05) is 66.9 Å². The molecule has 4 atom stereocenters. The Kier molecular flexibility index (Phi) is 7.76. The molecule has 3 rings (SSSR count). The van der Waals surface area contributed by atoms with Crippen LogP contribution < -0.4 is 0 Å².